The van der Waals surface area contributed by atoms with Crippen LogP contribution in [0.5, 0.6) is 0 Å². The number of halogens is 3. The van der Waals surface area contributed by atoms with E-state index in [1.165, 1.54) is 12.1 Å². The van der Waals surface area contributed by atoms with Crippen molar-refractivity contribution < 1.29 is 9.18 Å². The number of carbonyl (C=O) groups is 1. The lowest BCUT2D eigenvalue weighted by Gasteiger charge is -2.36. The molecule has 1 aliphatic rings. The molecule has 3 aromatic rings. The summed E-state index contributed by atoms with van der Waals surface area (Å²) in [5.41, 5.74) is 2.91. The zero-order chi connectivity index (χ0) is 20.5. The SMILES string of the molecule is CCC(C)n1ncc2c(C(=O)N3CCNCC3c3cccc(F)c3)cc(C)nc21.Cl.Cl. The van der Waals surface area contributed by atoms with Crippen molar-refractivity contribution >= 4 is 41.8 Å². The third-order valence-electron chi connectivity index (χ3n) is 5.67. The van der Waals surface area contributed by atoms with E-state index in [-0.39, 0.29) is 48.6 Å². The Bertz CT molecular complexity index is 1060. The Morgan fingerprint density at radius 1 is 1.32 bits per heavy atom. The highest BCUT2D eigenvalue weighted by Crippen LogP contribution is 2.28. The Morgan fingerprint density at radius 3 is 2.81 bits per heavy atom. The van der Waals surface area contributed by atoms with E-state index in [0.29, 0.717) is 25.2 Å². The van der Waals surface area contributed by atoms with Gasteiger partial charge in [0.15, 0.2) is 5.65 Å². The summed E-state index contributed by atoms with van der Waals surface area (Å²) in [7, 11) is 0. The number of pyridine rings is 1. The summed E-state index contributed by atoms with van der Waals surface area (Å²) in [5.74, 6) is -0.364. The van der Waals surface area contributed by atoms with Crippen molar-refractivity contribution in [1.82, 2.24) is 25.0 Å². The molecule has 2 atom stereocenters. The molecule has 1 amide bonds. The molecule has 0 aliphatic carbocycles. The molecule has 168 valence electrons. The van der Waals surface area contributed by atoms with E-state index in [2.05, 4.69) is 29.2 Å². The lowest BCUT2D eigenvalue weighted by molar-refractivity contribution is 0.0636. The minimum atomic E-state index is -0.294. The van der Waals surface area contributed by atoms with Crippen LogP contribution in [0.1, 0.15) is 54.0 Å². The molecule has 9 heteroatoms. The summed E-state index contributed by atoms with van der Waals surface area (Å²) in [6, 6.07) is 8.29. The van der Waals surface area contributed by atoms with Gasteiger partial charge in [-0.05, 0) is 44.0 Å². The van der Waals surface area contributed by atoms with Crippen LogP contribution >= 0.6 is 24.8 Å². The maximum atomic E-state index is 13.8. The number of hydrogen-bond donors (Lipinski definition) is 1. The van der Waals surface area contributed by atoms with Gasteiger partial charge in [-0.25, -0.2) is 14.1 Å². The monoisotopic (exact) mass is 467 g/mol. The Balaban J connectivity index is 0.00000171. The number of hydrogen-bond acceptors (Lipinski definition) is 4. The number of fused-ring (bicyclic) bond motifs is 1. The first-order valence-electron chi connectivity index (χ1n) is 10.1. The van der Waals surface area contributed by atoms with Crippen molar-refractivity contribution in [2.24, 2.45) is 0 Å². The van der Waals surface area contributed by atoms with Gasteiger partial charge in [-0.3, -0.25) is 4.79 Å². The van der Waals surface area contributed by atoms with Gasteiger partial charge in [0.05, 0.1) is 29.2 Å². The largest absolute Gasteiger partial charge is 0.329 e. The predicted molar refractivity (Wildman–Crippen MR) is 125 cm³/mol. The minimum absolute atomic E-state index is 0. The first kappa shape index (κ1) is 25.0. The molecule has 6 nitrogen and oxygen atoms in total. The highest BCUT2D eigenvalue weighted by atomic mass is 35.5. The van der Waals surface area contributed by atoms with Gasteiger partial charge in [0.1, 0.15) is 5.82 Å². The second-order valence-electron chi connectivity index (χ2n) is 7.67. The number of benzene rings is 1. The molecule has 0 saturated carbocycles. The quantitative estimate of drug-likeness (QED) is 0.614. The van der Waals surface area contributed by atoms with Gasteiger partial charge >= 0.3 is 0 Å². The van der Waals surface area contributed by atoms with E-state index in [4.69, 9.17) is 0 Å². The molecule has 1 aromatic carbocycles. The van der Waals surface area contributed by atoms with Crippen molar-refractivity contribution in [3.63, 3.8) is 0 Å². The van der Waals surface area contributed by atoms with Crippen LogP contribution in [0.3, 0.4) is 0 Å². The number of nitrogens with one attached hydrogen (secondary N) is 1. The summed E-state index contributed by atoms with van der Waals surface area (Å²) < 4.78 is 15.7. The molecule has 0 radical (unpaired) electrons. The molecule has 2 unspecified atom stereocenters. The average Bonchev–Trinajstić information content (AvgIpc) is 3.15. The van der Waals surface area contributed by atoms with Crippen LogP contribution in [-0.4, -0.2) is 45.2 Å². The minimum Gasteiger partial charge on any atom is -0.329 e. The lowest BCUT2D eigenvalue weighted by atomic mass is 10.0. The summed E-state index contributed by atoms with van der Waals surface area (Å²) in [6.45, 7) is 7.94. The predicted octanol–water partition coefficient (Wildman–Crippen LogP) is 4.48. The molecule has 0 spiro atoms. The molecule has 1 saturated heterocycles. The van der Waals surface area contributed by atoms with E-state index >= 15 is 0 Å². The lowest BCUT2D eigenvalue weighted by Crippen LogP contribution is -2.48. The van der Waals surface area contributed by atoms with E-state index < -0.39 is 0 Å². The van der Waals surface area contributed by atoms with Gasteiger partial charge in [0, 0.05) is 25.3 Å². The number of piperazine rings is 1. The van der Waals surface area contributed by atoms with Crippen LogP contribution in [0, 0.1) is 12.7 Å². The van der Waals surface area contributed by atoms with Crippen LogP contribution in [0.2, 0.25) is 0 Å². The number of rotatable bonds is 4. The van der Waals surface area contributed by atoms with Gasteiger partial charge < -0.3 is 10.2 Å². The molecule has 4 rings (SSSR count). The fourth-order valence-electron chi connectivity index (χ4n) is 3.93. The normalized spacial score (nSPS) is 17.0. The van der Waals surface area contributed by atoms with Gasteiger partial charge in [-0.15, -0.1) is 24.8 Å². The maximum Gasteiger partial charge on any atom is 0.255 e. The summed E-state index contributed by atoms with van der Waals surface area (Å²) in [4.78, 5) is 20.1. The van der Waals surface area contributed by atoms with E-state index in [1.54, 1.807) is 12.3 Å². The van der Waals surface area contributed by atoms with Crippen LogP contribution < -0.4 is 5.32 Å². The molecule has 31 heavy (non-hydrogen) atoms. The van der Waals surface area contributed by atoms with Crippen LogP contribution in [0.25, 0.3) is 11.0 Å². The van der Waals surface area contributed by atoms with E-state index in [1.807, 2.05) is 28.6 Å². The molecule has 1 aliphatic heterocycles. The van der Waals surface area contributed by atoms with Crippen molar-refractivity contribution in [3.05, 3.63) is 59.2 Å². The third kappa shape index (κ3) is 4.84. The molecule has 1 N–H and O–H groups in total. The Labute approximate surface area is 194 Å². The molecule has 0 bridgehead atoms. The van der Waals surface area contributed by atoms with Gasteiger partial charge in [-0.2, -0.15) is 5.10 Å². The van der Waals surface area contributed by atoms with Gasteiger partial charge in [0.2, 0.25) is 0 Å². The van der Waals surface area contributed by atoms with Crippen LogP contribution in [0.15, 0.2) is 36.5 Å². The number of nitrogens with zero attached hydrogens (tertiary/aromatic N) is 4. The first-order valence-corrected chi connectivity index (χ1v) is 10.1. The summed E-state index contributed by atoms with van der Waals surface area (Å²) >= 11 is 0. The second-order valence-corrected chi connectivity index (χ2v) is 7.67. The average molecular weight is 468 g/mol. The first-order chi connectivity index (χ1) is 14.0. The summed E-state index contributed by atoms with van der Waals surface area (Å²) in [5, 5.41) is 8.59. The number of aryl methyl sites for hydroxylation is 1. The smallest absolute Gasteiger partial charge is 0.255 e. The highest BCUT2D eigenvalue weighted by Gasteiger charge is 2.30. The van der Waals surface area contributed by atoms with E-state index in [0.717, 1.165) is 28.7 Å². The number of amides is 1. The topological polar surface area (TPSA) is 63.1 Å². The number of carbonyl (C=O) groups excluding carboxylic acids is 1. The maximum absolute atomic E-state index is 13.8. The molecular formula is C22H28Cl2FN5O. The van der Waals surface area contributed by atoms with Crippen molar-refractivity contribution in [1.29, 1.82) is 0 Å². The Kier molecular flexibility index (Phi) is 8.40. The fraction of sp³-hybridized carbons (Fsp3) is 0.409. The molecule has 3 heterocycles. The highest BCUT2D eigenvalue weighted by molar-refractivity contribution is 6.05. The van der Waals surface area contributed by atoms with Crippen LogP contribution in [-0.2, 0) is 0 Å². The fourth-order valence-corrected chi connectivity index (χ4v) is 3.93. The van der Waals surface area contributed by atoms with Crippen LogP contribution in [0.4, 0.5) is 4.39 Å². The van der Waals surface area contributed by atoms with Crippen molar-refractivity contribution in [3.8, 4) is 0 Å². The Morgan fingerprint density at radius 2 is 2.10 bits per heavy atom. The molecule has 2 aromatic heterocycles. The van der Waals surface area contributed by atoms with Gasteiger partial charge in [0.25, 0.3) is 5.91 Å². The number of aromatic nitrogens is 3. The standard InChI is InChI=1S/C22H26FN5O.2ClH/c1-4-15(3)28-21-19(12-25-28)18(10-14(2)26-21)22(29)27-9-8-24-13-20(27)16-6-5-7-17(23)11-16;;/h5-7,10-12,15,20,24H,4,8-9,13H2,1-3H3;2*1H. The zero-order valence-corrected chi connectivity index (χ0v) is 19.5. The van der Waals surface area contributed by atoms with Gasteiger partial charge in [-0.1, -0.05) is 19.1 Å². The van der Waals surface area contributed by atoms with Crippen molar-refractivity contribution in [2.75, 3.05) is 19.6 Å². The Hall–Kier alpha value is -2.22. The zero-order valence-electron chi connectivity index (χ0n) is 17.8. The molecular weight excluding hydrogens is 440 g/mol. The summed E-state index contributed by atoms with van der Waals surface area (Å²) in [6.07, 6.45) is 2.66. The molecule has 1 fully saturated rings. The second kappa shape index (κ2) is 10.4. The van der Waals surface area contributed by atoms with E-state index in [9.17, 15) is 9.18 Å². The van der Waals surface area contributed by atoms with Crippen molar-refractivity contribution in [2.45, 2.75) is 39.3 Å². The third-order valence-corrected chi connectivity index (χ3v) is 5.67.